The van der Waals surface area contributed by atoms with Crippen LogP contribution in [0.1, 0.15) is 26.6 Å². The Morgan fingerprint density at radius 2 is 2.22 bits per heavy atom. The highest BCUT2D eigenvalue weighted by atomic mass is 32.1. The van der Waals surface area contributed by atoms with Crippen LogP contribution in [-0.4, -0.2) is 16.1 Å². The number of nitrogens with zero attached hydrogens (tertiary/aromatic N) is 1. The molecule has 18 heavy (non-hydrogen) atoms. The summed E-state index contributed by atoms with van der Waals surface area (Å²) >= 11 is 1.53. The number of rotatable bonds is 3. The number of halogens is 1. The van der Waals surface area contributed by atoms with Crippen molar-refractivity contribution in [3.63, 3.8) is 0 Å². The van der Waals surface area contributed by atoms with E-state index < -0.39 is 11.8 Å². The Morgan fingerprint density at radius 3 is 2.78 bits per heavy atom. The molecule has 3 nitrogen and oxygen atoms in total. The van der Waals surface area contributed by atoms with Gasteiger partial charge in [-0.2, -0.15) is 0 Å². The lowest BCUT2D eigenvalue weighted by molar-refractivity contribution is 0.0692. The molecule has 0 aliphatic rings. The van der Waals surface area contributed by atoms with E-state index in [4.69, 9.17) is 5.11 Å². The molecule has 0 fully saturated rings. The maximum Gasteiger partial charge on any atom is 0.338 e. The maximum absolute atomic E-state index is 13.4. The van der Waals surface area contributed by atoms with Gasteiger partial charge in [-0.15, -0.1) is 11.3 Å². The van der Waals surface area contributed by atoms with Gasteiger partial charge >= 0.3 is 5.97 Å². The van der Waals surface area contributed by atoms with Crippen LogP contribution >= 0.6 is 11.3 Å². The van der Waals surface area contributed by atoms with E-state index in [1.807, 2.05) is 12.3 Å². The highest BCUT2D eigenvalue weighted by Gasteiger charge is 2.09. The van der Waals surface area contributed by atoms with E-state index in [-0.39, 0.29) is 5.56 Å². The molecule has 92 valence electrons. The van der Waals surface area contributed by atoms with Crippen LogP contribution < -0.4 is 0 Å². The van der Waals surface area contributed by atoms with Gasteiger partial charge < -0.3 is 5.11 Å². The van der Waals surface area contributed by atoms with Gasteiger partial charge in [-0.25, -0.2) is 14.2 Å². The van der Waals surface area contributed by atoms with Crippen LogP contribution in [0.3, 0.4) is 0 Å². The van der Waals surface area contributed by atoms with E-state index in [1.54, 1.807) is 18.2 Å². The summed E-state index contributed by atoms with van der Waals surface area (Å²) in [6.45, 7) is 1.91. The van der Waals surface area contributed by atoms with Gasteiger partial charge in [-0.1, -0.05) is 12.1 Å². The van der Waals surface area contributed by atoms with Crippen molar-refractivity contribution in [2.24, 2.45) is 0 Å². The third-order valence-electron chi connectivity index (χ3n) is 2.31. The van der Waals surface area contributed by atoms with E-state index in [1.165, 1.54) is 23.5 Å². The zero-order valence-corrected chi connectivity index (χ0v) is 10.4. The van der Waals surface area contributed by atoms with Gasteiger partial charge in [0.1, 0.15) is 5.82 Å². The first-order valence-corrected chi connectivity index (χ1v) is 6.07. The molecular formula is C13H10FNO2S. The molecular weight excluding hydrogens is 253 g/mol. The molecule has 0 aliphatic carbocycles. The van der Waals surface area contributed by atoms with Crippen LogP contribution in [0.25, 0.3) is 12.2 Å². The number of thiazole rings is 1. The quantitative estimate of drug-likeness (QED) is 0.922. The van der Waals surface area contributed by atoms with Crippen molar-refractivity contribution in [1.82, 2.24) is 4.98 Å². The number of carbonyl (C=O) groups is 1. The van der Waals surface area contributed by atoms with Crippen molar-refractivity contribution in [3.05, 3.63) is 51.2 Å². The number of hydrogen-bond donors (Lipinski definition) is 1. The van der Waals surface area contributed by atoms with Gasteiger partial charge in [-0.05, 0) is 30.7 Å². The van der Waals surface area contributed by atoms with Crippen molar-refractivity contribution in [2.45, 2.75) is 6.92 Å². The van der Waals surface area contributed by atoms with Crippen molar-refractivity contribution >= 4 is 29.5 Å². The van der Waals surface area contributed by atoms with E-state index in [0.29, 0.717) is 5.56 Å². The smallest absolute Gasteiger partial charge is 0.338 e. The topological polar surface area (TPSA) is 50.2 Å². The lowest BCUT2D eigenvalue weighted by atomic mass is 10.1. The van der Waals surface area contributed by atoms with E-state index >= 15 is 0 Å². The summed E-state index contributed by atoms with van der Waals surface area (Å²) in [5.41, 5.74) is 1.08. The first kappa shape index (κ1) is 12.4. The molecule has 1 aromatic carbocycles. The highest BCUT2D eigenvalue weighted by molar-refractivity contribution is 7.09. The molecule has 0 bridgehead atoms. The van der Waals surface area contributed by atoms with Crippen LogP contribution in [-0.2, 0) is 0 Å². The number of carboxylic acids is 1. The van der Waals surface area contributed by atoms with E-state index in [0.717, 1.165) is 10.7 Å². The number of aryl methyl sites for hydroxylation is 1. The van der Waals surface area contributed by atoms with Gasteiger partial charge in [0.15, 0.2) is 0 Å². The Hall–Kier alpha value is -2.01. The number of hydrogen-bond acceptors (Lipinski definition) is 3. The van der Waals surface area contributed by atoms with Crippen molar-refractivity contribution < 1.29 is 14.3 Å². The summed E-state index contributed by atoms with van der Waals surface area (Å²) in [5, 5.41) is 11.6. The Morgan fingerprint density at radius 1 is 1.44 bits per heavy atom. The average molecular weight is 263 g/mol. The lowest BCUT2D eigenvalue weighted by Crippen LogP contribution is -1.99. The van der Waals surface area contributed by atoms with Crippen LogP contribution in [0.5, 0.6) is 0 Å². The van der Waals surface area contributed by atoms with Crippen LogP contribution in [0.4, 0.5) is 4.39 Å². The third kappa shape index (κ3) is 2.81. The summed E-state index contributed by atoms with van der Waals surface area (Å²) in [7, 11) is 0. The summed E-state index contributed by atoms with van der Waals surface area (Å²) < 4.78 is 13.4. The normalized spacial score (nSPS) is 11.0. The number of aromatic nitrogens is 1. The second-order valence-corrected chi connectivity index (χ2v) is 4.73. The van der Waals surface area contributed by atoms with Crippen molar-refractivity contribution in [3.8, 4) is 0 Å². The molecule has 0 saturated carbocycles. The highest BCUT2D eigenvalue weighted by Crippen LogP contribution is 2.15. The molecule has 0 radical (unpaired) electrons. The number of aromatic carboxylic acids is 1. The fraction of sp³-hybridized carbons (Fsp3) is 0.0769. The molecule has 2 rings (SSSR count). The van der Waals surface area contributed by atoms with Gasteiger partial charge in [0, 0.05) is 5.38 Å². The summed E-state index contributed by atoms with van der Waals surface area (Å²) in [4.78, 5) is 14.9. The Bertz CT molecular complexity index is 619. The van der Waals surface area contributed by atoms with Gasteiger partial charge in [0.05, 0.1) is 16.3 Å². The second kappa shape index (κ2) is 5.10. The average Bonchev–Trinajstić information content (AvgIpc) is 2.72. The standard InChI is InChI=1S/C13H10FNO2S/c1-8-15-10(7-18-8)4-2-9-3-5-11(13(16)17)12(14)6-9/h2-7H,1H3,(H,16,17). The van der Waals surface area contributed by atoms with Crippen molar-refractivity contribution in [1.29, 1.82) is 0 Å². The molecule has 1 N–H and O–H groups in total. The molecule has 0 spiro atoms. The molecule has 1 aromatic heterocycles. The number of carboxylic acid groups (broad SMARTS) is 1. The Balaban J connectivity index is 2.22. The largest absolute Gasteiger partial charge is 0.478 e. The van der Waals surface area contributed by atoms with Gasteiger partial charge in [0.25, 0.3) is 0 Å². The number of benzene rings is 1. The summed E-state index contributed by atoms with van der Waals surface area (Å²) in [5.74, 6) is -2.00. The maximum atomic E-state index is 13.4. The summed E-state index contributed by atoms with van der Waals surface area (Å²) in [6, 6.07) is 4.01. The Labute approximate surface area is 107 Å². The molecule has 0 saturated heterocycles. The van der Waals surface area contributed by atoms with Crippen molar-refractivity contribution in [2.75, 3.05) is 0 Å². The van der Waals surface area contributed by atoms with E-state index in [9.17, 15) is 9.18 Å². The SMILES string of the molecule is Cc1nc(C=Cc2ccc(C(=O)O)c(F)c2)cs1. The zero-order chi connectivity index (χ0) is 13.1. The molecule has 0 atom stereocenters. The minimum absolute atomic E-state index is 0.323. The predicted molar refractivity (Wildman–Crippen MR) is 69.1 cm³/mol. The third-order valence-corrected chi connectivity index (χ3v) is 3.10. The fourth-order valence-corrected chi connectivity index (χ4v) is 2.03. The van der Waals surface area contributed by atoms with Gasteiger partial charge in [-0.3, -0.25) is 0 Å². The first-order valence-electron chi connectivity index (χ1n) is 5.19. The van der Waals surface area contributed by atoms with Crippen LogP contribution in [0.2, 0.25) is 0 Å². The van der Waals surface area contributed by atoms with Crippen LogP contribution in [0.15, 0.2) is 23.6 Å². The predicted octanol–water partition coefficient (Wildman–Crippen LogP) is 3.46. The molecule has 0 aliphatic heterocycles. The monoisotopic (exact) mass is 263 g/mol. The minimum Gasteiger partial charge on any atom is -0.478 e. The molecule has 0 amide bonds. The lowest BCUT2D eigenvalue weighted by Gasteiger charge is -1.98. The fourth-order valence-electron chi connectivity index (χ4n) is 1.45. The zero-order valence-electron chi connectivity index (χ0n) is 9.55. The summed E-state index contributed by atoms with van der Waals surface area (Å²) in [6.07, 6.45) is 3.46. The molecule has 5 heteroatoms. The Kier molecular flexibility index (Phi) is 3.53. The molecule has 0 unspecified atom stereocenters. The minimum atomic E-state index is -1.27. The van der Waals surface area contributed by atoms with Crippen LogP contribution in [0, 0.1) is 12.7 Å². The molecule has 2 aromatic rings. The molecule has 1 heterocycles. The van der Waals surface area contributed by atoms with E-state index in [2.05, 4.69) is 4.98 Å². The second-order valence-electron chi connectivity index (χ2n) is 3.67. The van der Waals surface area contributed by atoms with Gasteiger partial charge in [0.2, 0.25) is 0 Å². The first-order chi connectivity index (χ1) is 8.56.